The number of fused-ring (bicyclic) bond motifs is 1. The number of hydrogen-bond acceptors (Lipinski definition) is 2. The van der Waals surface area contributed by atoms with Crippen LogP contribution in [0.25, 0.3) is 10.9 Å². The van der Waals surface area contributed by atoms with Crippen LogP contribution in [-0.4, -0.2) is 17.1 Å². The Kier molecular flexibility index (Phi) is 3.69. The molecule has 96 valence electrons. The SMILES string of the molecule is CCOC(=O)c1c(C)n(C)c2cc(Br)c(Cl)cc12. The van der Waals surface area contributed by atoms with Crippen LogP contribution in [0.1, 0.15) is 23.0 Å². The molecular weight excluding hydrogens is 318 g/mol. The lowest BCUT2D eigenvalue weighted by molar-refractivity contribution is 0.0527. The summed E-state index contributed by atoms with van der Waals surface area (Å²) in [5.41, 5.74) is 2.41. The minimum absolute atomic E-state index is 0.306. The summed E-state index contributed by atoms with van der Waals surface area (Å²) in [7, 11) is 1.92. The lowest BCUT2D eigenvalue weighted by atomic mass is 10.1. The monoisotopic (exact) mass is 329 g/mol. The molecule has 0 aliphatic heterocycles. The Morgan fingerprint density at radius 1 is 1.50 bits per heavy atom. The molecule has 18 heavy (non-hydrogen) atoms. The molecule has 0 atom stereocenters. The van der Waals surface area contributed by atoms with E-state index in [1.807, 2.05) is 24.6 Å². The fraction of sp³-hybridized carbons (Fsp3) is 0.308. The van der Waals surface area contributed by atoms with Crippen molar-refractivity contribution in [1.82, 2.24) is 4.57 Å². The Morgan fingerprint density at radius 3 is 2.78 bits per heavy atom. The predicted molar refractivity (Wildman–Crippen MR) is 76.3 cm³/mol. The number of carbonyl (C=O) groups is 1. The van der Waals surface area contributed by atoms with E-state index in [2.05, 4.69) is 15.9 Å². The van der Waals surface area contributed by atoms with Gasteiger partial charge in [0.05, 0.1) is 22.7 Å². The van der Waals surface area contributed by atoms with Crippen molar-refractivity contribution in [2.24, 2.45) is 7.05 Å². The van der Waals surface area contributed by atoms with E-state index in [1.54, 1.807) is 13.0 Å². The zero-order chi connectivity index (χ0) is 13.4. The molecule has 0 bridgehead atoms. The van der Waals surface area contributed by atoms with Crippen LogP contribution < -0.4 is 0 Å². The average Bonchev–Trinajstić information content (AvgIpc) is 2.54. The first-order valence-corrected chi connectivity index (χ1v) is 6.75. The van der Waals surface area contributed by atoms with E-state index in [-0.39, 0.29) is 5.97 Å². The molecule has 0 saturated carbocycles. The fourth-order valence-corrected chi connectivity index (χ4v) is 2.51. The molecule has 0 aliphatic carbocycles. The van der Waals surface area contributed by atoms with Crippen molar-refractivity contribution >= 4 is 44.4 Å². The van der Waals surface area contributed by atoms with Gasteiger partial charge in [-0.3, -0.25) is 0 Å². The third kappa shape index (κ3) is 2.04. The summed E-state index contributed by atoms with van der Waals surface area (Å²) < 4.78 is 7.87. The van der Waals surface area contributed by atoms with E-state index < -0.39 is 0 Å². The standard InChI is InChI=1S/C13H13BrClNO2/c1-4-18-13(17)12-7(2)16(3)11-6-9(14)10(15)5-8(11)12/h5-6H,4H2,1-3H3. The Hall–Kier alpha value is -1.000. The third-order valence-corrected chi connectivity index (χ3v) is 4.21. The van der Waals surface area contributed by atoms with Gasteiger partial charge in [-0.1, -0.05) is 11.6 Å². The van der Waals surface area contributed by atoms with Gasteiger partial charge < -0.3 is 9.30 Å². The molecular formula is C13H13BrClNO2. The first-order valence-electron chi connectivity index (χ1n) is 5.58. The number of halogens is 2. The number of benzene rings is 1. The number of rotatable bonds is 2. The van der Waals surface area contributed by atoms with Crippen molar-refractivity contribution in [1.29, 1.82) is 0 Å². The van der Waals surface area contributed by atoms with Gasteiger partial charge in [0.2, 0.25) is 0 Å². The van der Waals surface area contributed by atoms with Gasteiger partial charge in [-0.2, -0.15) is 0 Å². The van der Waals surface area contributed by atoms with Crippen LogP contribution in [0.15, 0.2) is 16.6 Å². The Labute approximate surface area is 119 Å². The molecule has 0 radical (unpaired) electrons. The quantitative estimate of drug-likeness (QED) is 0.777. The summed E-state index contributed by atoms with van der Waals surface area (Å²) >= 11 is 9.49. The molecule has 1 aromatic heterocycles. The van der Waals surface area contributed by atoms with Crippen LogP contribution >= 0.6 is 27.5 Å². The second-order valence-corrected chi connectivity index (χ2v) is 5.28. The topological polar surface area (TPSA) is 31.2 Å². The number of nitrogens with zero attached hydrogens (tertiary/aromatic N) is 1. The smallest absolute Gasteiger partial charge is 0.340 e. The minimum atomic E-state index is -0.306. The first kappa shape index (κ1) is 13.4. The zero-order valence-electron chi connectivity index (χ0n) is 10.4. The summed E-state index contributed by atoms with van der Waals surface area (Å²) in [4.78, 5) is 12.0. The average molecular weight is 331 g/mol. The Bertz CT molecular complexity index is 634. The Balaban J connectivity index is 2.77. The molecule has 0 fully saturated rings. The Morgan fingerprint density at radius 2 is 2.17 bits per heavy atom. The van der Waals surface area contributed by atoms with E-state index in [9.17, 15) is 4.79 Å². The van der Waals surface area contributed by atoms with E-state index in [4.69, 9.17) is 16.3 Å². The maximum absolute atomic E-state index is 12.0. The van der Waals surface area contributed by atoms with E-state index >= 15 is 0 Å². The highest BCUT2D eigenvalue weighted by atomic mass is 79.9. The summed E-state index contributed by atoms with van der Waals surface area (Å²) in [6.07, 6.45) is 0. The van der Waals surface area contributed by atoms with Crippen LogP contribution in [0, 0.1) is 6.92 Å². The molecule has 0 N–H and O–H groups in total. The number of aromatic nitrogens is 1. The van der Waals surface area contributed by atoms with Crippen LogP contribution in [-0.2, 0) is 11.8 Å². The van der Waals surface area contributed by atoms with Gasteiger partial charge in [0.1, 0.15) is 0 Å². The minimum Gasteiger partial charge on any atom is -0.462 e. The van der Waals surface area contributed by atoms with E-state index in [1.165, 1.54) is 0 Å². The third-order valence-electron chi connectivity index (χ3n) is 3.01. The molecule has 0 spiro atoms. The van der Waals surface area contributed by atoms with Gasteiger partial charge in [0, 0.05) is 22.6 Å². The van der Waals surface area contributed by atoms with Crippen LogP contribution in [0.3, 0.4) is 0 Å². The molecule has 0 amide bonds. The number of esters is 1. The summed E-state index contributed by atoms with van der Waals surface area (Å²) in [6, 6.07) is 3.70. The highest BCUT2D eigenvalue weighted by Crippen LogP contribution is 2.33. The summed E-state index contributed by atoms with van der Waals surface area (Å²) in [6.45, 7) is 4.05. The number of hydrogen-bond donors (Lipinski definition) is 0. The van der Waals surface area contributed by atoms with Gasteiger partial charge in [0.15, 0.2) is 0 Å². The molecule has 2 rings (SSSR count). The van der Waals surface area contributed by atoms with Gasteiger partial charge >= 0.3 is 5.97 Å². The largest absolute Gasteiger partial charge is 0.462 e. The van der Waals surface area contributed by atoms with Crippen molar-refractivity contribution in [3.05, 3.63) is 32.9 Å². The normalized spacial score (nSPS) is 10.9. The van der Waals surface area contributed by atoms with Crippen molar-refractivity contribution in [3.8, 4) is 0 Å². The van der Waals surface area contributed by atoms with E-state index in [0.717, 1.165) is 21.1 Å². The molecule has 0 aliphatic rings. The lowest BCUT2D eigenvalue weighted by Crippen LogP contribution is -2.06. The number of ether oxygens (including phenoxy) is 1. The second-order valence-electron chi connectivity index (χ2n) is 4.02. The molecule has 2 aromatic rings. The number of carbonyl (C=O) groups excluding carboxylic acids is 1. The van der Waals surface area contributed by atoms with Gasteiger partial charge in [-0.05, 0) is 41.9 Å². The van der Waals surface area contributed by atoms with Crippen molar-refractivity contribution in [3.63, 3.8) is 0 Å². The van der Waals surface area contributed by atoms with Gasteiger partial charge in [0.25, 0.3) is 0 Å². The van der Waals surface area contributed by atoms with Crippen molar-refractivity contribution in [2.75, 3.05) is 6.61 Å². The van der Waals surface area contributed by atoms with Crippen molar-refractivity contribution in [2.45, 2.75) is 13.8 Å². The van der Waals surface area contributed by atoms with E-state index in [0.29, 0.717) is 17.2 Å². The van der Waals surface area contributed by atoms with Crippen LogP contribution in [0.4, 0.5) is 0 Å². The van der Waals surface area contributed by atoms with Gasteiger partial charge in [-0.15, -0.1) is 0 Å². The molecule has 0 unspecified atom stereocenters. The highest BCUT2D eigenvalue weighted by Gasteiger charge is 2.20. The summed E-state index contributed by atoms with van der Waals surface area (Å²) in [5.74, 6) is -0.306. The first-order chi connectivity index (χ1) is 8.47. The zero-order valence-corrected chi connectivity index (χ0v) is 12.7. The van der Waals surface area contributed by atoms with Crippen molar-refractivity contribution < 1.29 is 9.53 Å². The molecule has 1 heterocycles. The van der Waals surface area contributed by atoms with Crippen LogP contribution in [0.2, 0.25) is 5.02 Å². The fourth-order valence-electron chi connectivity index (χ4n) is 2.02. The summed E-state index contributed by atoms with van der Waals surface area (Å²) in [5, 5.41) is 1.40. The number of aryl methyl sites for hydroxylation is 1. The molecule has 1 aromatic carbocycles. The molecule has 5 heteroatoms. The molecule has 0 saturated heterocycles. The highest BCUT2D eigenvalue weighted by molar-refractivity contribution is 9.10. The lowest BCUT2D eigenvalue weighted by Gasteiger charge is -2.02. The second kappa shape index (κ2) is 4.94. The maximum atomic E-state index is 12.0. The van der Waals surface area contributed by atoms with Crippen LogP contribution in [0.5, 0.6) is 0 Å². The predicted octanol–water partition coefficient (Wildman–Crippen LogP) is 4.08. The maximum Gasteiger partial charge on any atom is 0.340 e. The molecule has 3 nitrogen and oxygen atoms in total. The van der Waals surface area contributed by atoms with Gasteiger partial charge in [-0.25, -0.2) is 4.79 Å².